The van der Waals surface area contributed by atoms with E-state index < -0.39 is 23.7 Å². The molecule has 8 nitrogen and oxygen atoms in total. The van der Waals surface area contributed by atoms with Gasteiger partial charge in [-0.25, -0.2) is 0 Å². The lowest BCUT2D eigenvalue weighted by Gasteiger charge is -2.45. The van der Waals surface area contributed by atoms with Gasteiger partial charge in [-0.15, -0.1) is 0 Å². The third kappa shape index (κ3) is 5.67. The van der Waals surface area contributed by atoms with Gasteiger partial charge in [0.2, 0.25) is 17.7 Å². The van der Waals surface area contributed by atoms with Crippen molar-refractivity contribution in [1.82, 2.24) is 25.7 Å². The lowest BCUT2D eigenvalue weighted by Crippen LogP contribution is -2.67. The summed E-state index contributed by atoms with van der Waals surface area (Å²) in [4.78, 5) is 44.0. The first-order valence-corrected chi connectivity index (χ1v) is 14.1. The Bertz CT molecular complexity index is 1370. The van der Waals surface area contributed by atoms with E-state index in [0.717, 1.165) is 11.3 Å². The fraction of sp³-hybridized carbons (Fsp3) is 0.438. The number of hydrogen-bond acceptors (Lipinski definition) is 4. The first-order valence-electron chi connectivity index (χ1n) is 14.1. The highest BCUT2D eigenvalue weighted by Crippen LogP contribution is 2.36. The van der Waals surface area contributed by atoms with Crippen molar-refractivity contribution in [3.63, 3.8) is 0 Å². The van der Waals surface area contributed by atoms with Crippen LogP contribution in [0.25, 0.3) is 11.3 Å². The number of nitrogens with zero attached hydrogens (tertiary/aromatic N) is 2. The molecule has 1 aliphatic carbocycles. The summed E-state index contributed by atoms with van der Waals surface area (Å²) in [6.45, 7) is 9.80. The quantitative estimate of drug-likeness (QED) is 0.417. The molecule has 2 aliphatic rings. The molecule has 0 radical (unpaired) electrons. The third-order valence-electron chi connectivity index (χ3n) is 7.74. The van der Waals surface area contributed by atoms with Crippen LogP contribution in [0.3, 0.4) is 0 Å². The molecule has 3 aromatic rings. The summed E-state index contributed by atoms with van der Waals surface area (Å²) in [5, 5.41) is 13.2. The number of nitrogens with one attached hydrogen (secondary N) is 3. The minimum absolute atomic E-state index is 0.0704. The predicted molar refractivity (Wildman–Crippen MR) is 154 cm³/mol. The van der Waals surface area contributed by atoms with E-state index in [-0.39, 0.29) is 29.6 Å². The number of amides is 3. The van der Waals surface area contributed by atoms with Crippen molar-refractivity contribution in [1.29, 1.82) is 0 Å². The maximum Gasteiger partial charge on any atom is 0.247 e. The molecule has 1 unspecified atom stereocenters. The van der Waals surface area contributed by atoms with Gasteiger partial charge in [-0.1, -0.05) is 56.3 Å². The van der Waals surface area contributed by atoms with Gasteiger partial charge >= 0.3 is 0 Å². The van der Waals surface area contributed by atoms with E-state index in [1.807, 2.05) is 77.1 Å². The zero-order valence-corrected chi connectivity index (χ0v) is 23.9. The molecule has 2 heterocycles. The molecule has 210 valence electrons. The van der Waals surface area contributed by atoms with E-state index in [9.17, 15) is 14.4 Å². The zero-order valence-electron chi connectivity index (χ0n) is 23.9. The fourth-order valence-electron chi connectivity index (χ4n) is 6.04. The van der Waals surface area contributed by atoms with Crippen LogP contribution in [0, 0.1) is 11.8 Å². The van der Waals surface area contributed by atoms with E-state index in [0.29, 0.717) is 24.8 Å². The Morgan fingerprint density at radius 3 is 2.35 bits per heavy atom. The largest absolute Gasteiger partial charge is 0.349 e. The summed E-state index contributed by atoms with van der Waals surface area (Å²) in [6, 6.07) is 15.2. The Morgan fingerprint density at radius 2 is 1.75 bits per heavy atom. The molecular formula is C32H39N5O3. The highest BCUT2D eigenvalue weighted by molar-refractivity contribution is 6.00. The Hall–Kier alpha value is -3.94. The van der Waals surface area contributed by atoms with Gasteiger partial charge < -0.3 is 15.5 Å². The number of rotatable bonds is 7. The summed E-state index contributed by atoms with van der Waals surface area (Å²) in [5.74, 6) is -0.642. The van der Waals surface area contributed by atoms with Crippen molar-refractivity contribution in [2.75, 3.05) is 0 Å². The standard InChI is InChI=1S/C32H39N5O3/c1-19(2)15-26-29(38)34-27(24-16-20-9-6-7-10-21(20)17-24)31(40)37(26)28(30(39)35-32(3,4)5)23-12-8-11-22(18-23)25-13-14-33-36-25/h6-14,18-19,24,26-28H,15-17H2,1-5H3,(H,33,36)(H,34,38)(H,35,39)/t26-,27?,28-/m1/s1. The molecule has 8 heteroatoms. The minimum atomic E-state index is -0.976. The second-order valence-corrected chi connectivity index (χ2v) is 12.6. The van der Waals surface area contributed by atoms with Gasteiger partial charge in [-0.05, 0) is 86.3 Å². The van der Waals surface area contributed by atoms with Gasteiger partial charge in [0.1, 0.15) is 18.1 Å². The van der Waals surface area contributed by atoms with Crippen molar-refractivity contribution in [3.8, 4) is 11.3 Å². The van der Waals surface area contributed by atoms with Crippen molar-refractivity contribution in [2.24, 2.45) is 11.8 Å². The molecule has 1 aliphatic heterocycles. The van der Waals surface area contributed by atoms with E-state index in [1.54, 1.807) is 11.1 Å². The van der Waals surface area contributed by atoms with Crippen LogP contribution in [0.1, 0.15) is 63.8 Å². The average molecular weight is 542 g/mol. The van der Waals surface area contributed by atoms with Crippen LogP contribution < -0.4 is 10.6 Å². The molecule has 3 amide bonds. The summed E-state index contributed by atoms with van der Waals surface area (Å²) < 4.78 is 0. The van der Waals surface area contributed by atoms with Crippen molar-refractivity contribution < 1.29 is 14.4 Å². The topological polar surface area (TPSA) is 107 Å². The van der Waals surface area contributed by atoms with Crippen molar-refractivity contribution in [3.05, 3.63) is 77.5 Å². The van der Waals surface area contributed by atoms with Crippen molar-refractivity contribution >= 4 is 17.7 Å². The van der Waals surface area contributed by atoms with Crippen molar-refractivity contribution in [2.45, 2.75) is 77.5 Å². The molecule has 0 spiro atoms. The number of hydrogen-bond donors (Lipinski definition) is 3. The van der Waals surface area contributed by atoms with Gasteiger partial charge in [0, 0.05) is 11.7 Å². The van der Waals surface area contributed by atoms with E-state index >= 15 is 0 Å². The van der Waals surface area contributed by atoms with Crippen LogP contribution in [0.4, 0.5) is 0 Å². The Kier molecular flexibility index (Phi) is 7.53. The highest BCUT2D eigenvalue weighted by atomic mass is 16.2. The molecule has 0 saturated carbocycles. The summed E-state index contributed by atoms with van der Waals surface area (Å²) in [5.41, 5.74) is 4.19. The molecule has 3 N–H and O–H groups in total. The second-order valence-electron chi connectivity index (χ2n) is 12.6. The maximum atomic E-state index is 14.5. The lowest BCUT2D eigenvalue weighted by atomic mass is 9.87. The van der Waals surface area contributed by atoms with Crippen LogP contribution in [0.5, 0.6) is 0 Å². The molecule has 2 aromatic carbocycles. The number of carbonyl (C=O) groups is 3. The molecule has 5 rings (SSSR count). The van der Waals surface area contributed by atoms with Crippen LogP contribution in [-0.2, 0) is 27.2 Å². The Morgan fingerprint density at radius 1 is 1.05 bits per heavy atom. The third-order valence-corrected chi connectivity index (χ3v) is 7.74. The molecule has 1 fully saturated rings. The number of H-pyrrole nitrogens is 1. The number of carbonyl (C=O) groups excluding carboxylic acids is 3. The number of benzene rings is 2. The zero-order chi connectivity index (χ0) is 28.6. The van der Waals surface area contributed by atoms with E-state index in [2.05, 4.69) is 33.0 Å². The first-order chi connectivity index (χ1) is 19.0. The van der Waals surface area contributed by atoms with E-state index in [4.69, 9.17) is 0 Å². The van der Waals surface area contributed by atoms with Crippen LogP contribution in [0.15, 0.2) is 60.8 Å². The second kappa shape index (κ2) is 10.9. The van der Waals surface area contributed by atoms with Gasteiger partial charge in [0.15, 0.2) is 0 Å². The Labute approximate surface area is 235 Å². The average Bonchev–Trinajstić information content (AvgIpc) is 3.57. The maximum absolute atomic E-state index is 14.5. The van der Waals surface area contributed by atoms with Gasteiger partial charge in [-0.3, -0.25) is 19.5 Å². The van der Waals surface area contributed by atoms with Crippen LogP contribution in [-0.4, -0.2) is 50.4 Å². The van der Waals surface area contributed by atoms with Crippen LogP contribution in [0.2, 0.25) is 0 Å². The Balaban J connectivity index is 1.58. The summed E-state index contributed by atoms with van der Waals surface area (Å²) in [6.07, 6.45) is 3.55. The molecule has 1 aromatic heterocycles. The van der Waals surface area contributed by atoms with Crippen LogP contribution >= 0.6 is 0 Å². The highest BCUT2D eigenvalue weighted by Gasteiger charge is 2.49. The predicted octanol–water partition coefficient (Wildman–Crippen LogP) is 4.19. The molecule has 40 heavy (non-hydrogen) atoms. The minimum Gasteiger partial charge on any atom is -0.349 e. The summed E-state index contributed by atoms with van der Waals surface area (Å²) >= 11 is 0. The fourth-order valence-corrected chi connectivity index (χ4v) is 6.04. The number of piperazine rings is 1. The first kappa shape index (κ1) is 27.6. The number of fused-ring (bicyclic) bond motifs is 1. The van der Waals surface area contributed by atoms with Gasteiger partial charge in [0.25, 0.3) is 0 Å². The van der Waals surface area contributed by atoms with Gasteiger partial charge in [0.05, 0.1) is 5.69 Å². The SMILES string of the molecule is CC(C)C[C@@H]1C(=O)NC(C2Cc3ccccc3C2)C(=O)N1[C@@H](C(=O)NC(C)(C)C)c1cccc(-c2ccn[nH]2)c1. The summed E-state index contributed by atoms with van der Waals surface area (Å²) in [7, 11) is 0. The lowest BCUT2D eigenvalue weighted by molar-refractivity contribution is -0.158. The molecule has 1 saturated heterocycles. The molecule has 0 bridgehead atoms. The monoisotopic (exact) mass is 541 g/mol. The molecular weight excluding hydrogens is 502 g/mol. The van der Waals surface area contributed by atoms with Gasteiger partial charge in [-0.2, -0.15) is 5.10 Å². The normalized spacial score (nSPS) is 20.4. The number of aromatic amines is 1. The number of aromatic nitrogens is 2. The smallest absolute Gasteiger partial charge is 0.247 e. The van der Waals surface area contributed by atoms with E-state index in [1.165, 1.54) is 11.1 Å². The molecule has 3 atom stereocenters.